The number of rotatable bonds is 2. The number of fused-ring (bicyclic) bond motifs is 1. The van der Waals surface area contributed by atoms with E-state index in [9.17, 15) is 4.79 Å². The molecular weight excluding hydrogens is 246 g/mol. The largest absolute Gasteiger partial charge is 0.352 e. The molecule has 0 aliphatic carbocycles. The van der Waals surface area contributed by atoms with E-state index in [0.717, 1.165) is 28.8 Å². The lowest BCUT2D eigenvalue weighted by Gasteiger charge is -2.11. The molecule has 1 atom stereocenters. The summed E-state index contributed by atoms with van der Waals surface area (Å²) in [6.07, 6.45) is 1.51. The molecule has 1 aliphatic rings. The van der Waals surface area contributed by atoms with Crippen LogP contribution in [0.3, 0.4) is 0 Å². The Morgan fingerprint density at radius 2 is 2.33 bits per heavy atom. The number of hydrogen-bond donors (Lipinski definition) is 2. The summed E-state index contributed by atoms with van der Waals surface area (Å²) in [4.78, 5) is 14.5. The normalized spacial score (nSPS) is 19.4. The number of aromatic nitrogens is 2. The molecule has 18 heavy (non-hydrogen) atoms. The van der Waals surface area contributed by atoms with Crippen LogP contribution >= 0.6 is 12.2 Å². The van der Waals surface area contributed by atoms with Crippen LogP contribution in [0.4, 0.5) is 0 Å². The second-order valence-corrected chi connectivity index (χ2v) is 5.20. The molecule has 4 nitrogen and oxygen atoms in total. The van der Waals surface area contributed by atoms with Crippen LogP contribution in [0.25, 0.3) is 11.0 Å². The second-order valence-electron chi connectivity index (χ2n) is 4.81. The molecule has 2 N–H and O–H groups in total. The highest BCUT2D eigenvalue weighted by Crippen LogP contribution is 2.19. The van der Waals surface area contributed by atoms with Gasteiger partial charge in [-0.05, 0) is 37.2 Å². The second kappa shape index (κ2) is 4.24. The zero-order chi connectivity index (χ0) is 12.7. The van der Waals surface area contributed by atoms with Crippen LogP contribution in [0.2, 0.25) is 0 Å². The fraction of sp³-hybridized carbons (Fsp3) is 0.385. The van der Waals surface area contributed by atoms with Crippen LogP contribution < -0.4 is 5.32 Å². The Kier molecular flexibility index (Phi) is 2.70. The first kappa shape index (κ1) is 11.5. The predicted octanol–water partition coefficient (Wildman–Crippen LogP) is 2.29. The highest BCUT2D eigenvalue weighted by Gasteiger charge is 2.21. The van der Waals surface area contributed by atoms with Crippen molar-refractivity contribution in [2.45, 2.75) is 32.4 Å². The average Bonchev–Trinajstić information content (AvgIpc) is 2.87. The van der Waals surface area contributed by atoms with Crippen LogP contribution in [0.5, 0.6) is 0 Å². The summed E-state index contributed by atoms with van der Waals surface area (Å²) < 4.78 is 2.80. The number of amides is 1. The molecule has 1 fully saturated rings. The molecule has 0 saturated carbocycles. The zero-order valence-corrected chi connectivity index (χ0v) is 11.0. The first-order valence-corrected chi connectivity index (χ1v) is 6.53. The summed E-state index contributed by atoms with van der Waals surface area (Å²) in [6, 6.07) is 6.36. The monoisotopic (exact) mass is 261 g/mol. The molecule has 1 unspecified atom stereocenters. The molecular formula is C13H15N3OS. The van der Waals surface area contributed by atoms with Gasteiger partial charge in [-0.3, -0.25) is 4.79 Å². The molecule has 0 radical (unpaired) electrons. The number of aryl methyl sites for hydroxylation is 1. The number of imidazole rings is 1. The van der Waals surface area contributed by atoms with Gasteiger partial charge in [-0.25, -0.2) is 0 Å². The topological polar surface area (TPSA) is 49.8 Å². The van der Waals surface area contributed by atoms with Crippen LogP contribution in [-0.4, -0.2) is 21.5 Å². The van der Waals surface area contributed by atoms with Gasteiger partial charge in [0.05, 0.1) is 11.0 Å². The Labute approximate surface area is 110 Å². The van der Waals surface area contributed by atoms with E-state index in [0.29, 0.717) is 6.42 Å². The maximum Gasteiger partial charge on any atom is 0.220 e. The molecule has 5 heteroatoms. The van der Waals surface area contributed by atoms with Gasteiger partial charge in [-0.2, -0.15) is 0 Å². The summed E-state index contributed by atoms with van der Waals surface area (Å²) in [7, 11) is 0. The first-order chi connectivity index (χ1) is 8.65. The molecule has 0 bridgehead atoms. The zero-order valence-electron chi connectivity index (χ0n) is 10.2. The van der Waals surface area contributed by atoms with E-state index in [1.165, 1.54) is 5.56 Å². The minimum absolute atomic E-state index is 0.141. The van der Waals surface area contributed by atoms with Crippen molar-refractivity contribution in [1.29, 1.82) is 0 Å². The van der Waals surface area contributed by atoms with Gasteiger partial charge < -0.3 is 14.9 Å². The average molecular weight is 261 g/mol. The number of benzene rings is 1. The number of carbonyl (C=O) groups excluding carboxylic acids is 1. The van der Waals surface area contributed by atoms with Crippen LogP contribution in [0.15, 0.2) is 18.2 Å². The van der Waals surface area contributed by atoms with Gasteiger partial charge >= 0.3 is 0 Å². The summed E-state index contributed by atoms with van der Waals surface area (Å²) in [5.74, 6) is 0.141. The predicted molar refractivity (Wildman–Crippen MR) is 73.0 cm³/mol. The number of nitrogens with one attached hydrogen (secondary N) is 2. The van der Waals surface area contributed by atoms with Crippen molar-refractivity contribution in [3.63, 3.8) is 0 Å². The van der Waals surface area contributed by atoms with Crippen molar-refractivity contribution in [1.82, 2.24) is 14.9 Å². The van der Waals surface area contributed by atoms with E-state index in [1.807, 2.05) is 6.07 Å². The Hall–Kier alpha value is -1.62. The Balaban J connectivity index is 2.01. The standard InChI is InChI=1S/C13H15N3OS/c1-8-3-2-4-10-12(8)15-13(18)16(10)7-9-5-6-11(17)14-9/h2-4,9H,5-7H2,1H3,(H,14,17)(H,15,18). The molecule has 1 aromatic heterocycles. The van der Waals surface area contributed by atoms with Gasteiger partial charge in [0.15, 0.2) is 4.77 Å². The SMILES string of the molecule is Cc1cccc2c1[nH]c(=S)n2CC1CCC(=O)N1. The van der Waals surface area contributed by atoms with Crippen LogP contribution in [0.1, 0.15) is 18.4 Å². The van der Waals surface area contributed by atoms with Gasteiger partial charge in [0, 0.05) is 19.0 Å². The van der Waals surface area contributed by atoms with E-state index >= 15 is 0 Å². The van der Waals surface area contributed by atoms with E-state index in [1.54, 1.807) is 0 Å². The lowest BCUT2D eigenvalue weighted by molar-refractivity contribution is -0.119. The number of aromatic amines is 1. The minimum Gasteiger partial charge on any atom is -0.352 e. The maximum absolute atomic E-state index is 11.2. The molecule has 1 saturated heterocycles. The molecule has 94 valence electrons. The van der Waals surface area contributed by atoms with Gasteiger partial charge in [-0.1, -0.05) is 12.1 Å². The summed E-state index contributed by atoms with van der Waals surface area (Å²) in [5.41, 5.74) is 3.39. The van der Waals surface area contributed by atoms with Crippen molar-refractivity contribution in [3.8, 4) is 0 Å². The van der Waals surface area contributed by atoms with Gasteiger partial charge in [0.2, 0.25) is 5.91 Å². The number of hydrogen-bond acceptors (Lipinski definition) is 2. The molecule has 0 spiro atoms. The highest BCUT2D eigenvalue weighted by molar-refractivity contribution is 7.71. The van der Waals surface area contributed by atoms with Gasteiger partial charge in [0.1, 0.15) is 0 Å². The number of carbonyl (C=O) groups is 1. The Morgan fingerprint density at radius 3 is 3.06 bits per heavy atom. The van der Waals surface area contributed by atoms with Crippen molar-refractivity contribution < 1.29 is 4.79 Å². The molecule has 2 aromatic rings. The summed E-state index contributed by atoms with van der Waals surface area (Å²) >= 11 is 5.37. The summed E-state index contributed by atoms with van der Waals surface area (Å²) in [6.45, 7) is 2.81. The number of para-hydroxylation sites is 1. The van der Waals surface area contributed by atoms with E-state index in [4.69, 9.17) is 12.2 Å². The minimum atomic E-state index is 0.141. The van der Waals surface area contributed by atoms with Gasteiger partial charge in [0.25, 0.3) is 0 Å². The van der Waals surface area contributed by atoms with E-state index < -0.39 is 0 Å². The third-order valence-electron chi connectivity index (χ3n) is 3.51. The molecule has 1 aromatic carbocycles. The van der Waals surface area contributed by atoms with E-state index in [2.05, 4.69) is 33.9 Å². The lowest BCUT2D eigenvalue weighted by Crippen LogP contribution is -2.29. The van der Waals surface area contributed by atoms with Crippen molar-refractivity contribution in [2.24, 2.45) is 0 Å². The fourth-order valence-corrected chi connectivity index (χ4v) is 2.81. The van der Waals surface area contributed by atoms with Crippen molar-refractivity contribution in [2.75, 3.05) is 0 Å². The Morgan fingerprint density at radius 1 is 1.50 bits per heavy atom. The molecule has 3 rings (SSSR count). The molecule has 1 amide bonds. The van der Waals surface area contributed by atoms with Crippen LogP contribution in [0, 0.1) is 11.7 Å². The van der Waals surface area contributed by atoms with E-state index in [-0.39, 0.29) is 11.9 Å². The Bertz CT molecular complexity index is 670. The first-order valence-electron chi connectivity index (χ1n) is 6.12. The van der Waals surface area contributed by atoms with Crippen molar-refractivity contribution >= 4 is 29.2 Å². The van der Waals surface area contributed by atoms with Crippen LogP contribution in [-0.2, 0) is 11.3 Å². The molecule has 1 aliphatic heterocycles. The highest BCUT2D eigenvalue weighted by atomic mass is 32.1. The fourth-order valence-electron chi connectivity index (χ4n) is 2.54. The number of nitrogens with zero attached hydrogens (tertiary/aromatic N) is 1. The third kappa shape index (κ3) is 1.84. The third-order valence-corrected chi connectivity index (χ3v) is 3.83. The summed E-state index contributed by atoms with van der Waals surface area (Å²) in [5, 5.41) is 2.98. The van der Waals surface area contributed by atoms with Crippen molar-refractivity contribution in [3.05, 3.63) is 28.5 Å². The lowest BCUT2D eigenvalue weighted by atomic mass is 10.2. The maximum atomic E-state index is 11.2. The number of H-pyrrole nitrogens is 1. The molecule has 2 heterocycles. The quantitative estimate of drug-likeness (QED) is 0.815. The van der Waals surface area contributed by atoms with Gasteiger partial charge in [-0.15, -0.1) is 0 Å². The smallest absolute Gasteiger partial charge is 0.220 e.